The van der Waals surface area contributed by atoms with Gasteiger partial charge in [0.2, 0.25) is 5.90 Å². The highest BCUT2D eigenvalue weighted by molar-refractivity contribution is 5.99. The van der Waals surface area contributed by atoms with Crippen LogP contribution in [0, 0.1) is 58.5 Å². The number of hydrogen-bond acceptors (Lipinski definition) is 12. The lowest BCUT2D eigenvalue weighted by Gasteiger charge is -2.05. The Morgan fingerprint density at radius 2 is 0.970 bits per heavy atom. The Bertz CT molecular complexity index is 5400. The quantitative estimate of drug-likeness (QED) is 0.0195. The number of benzene rings is 8. The highest BCUT2D eigenvalue weighted by Gasteiger charge is 2.19. The Hall–Kier alpha value is -12.8. The summed E-state index contributed by atoms with van der Waals surface area (Å²) in [7, 11) is 5.62. The second-order valence-electron chi connectivity index (χ2n) is 22.3. The second-order valence-corrected chi connectivity index (χ2v) is 22.3. The molecule has 100 heavy (non-hydrogen) atoms. The number of nitrogens with one attached hydrogen (secondary N) is 8. The first-order valence-electron chi connectivity index (χ1n) is 30.6. The van der Waals surface area contributed by atoms with Crippen LogP contribution in [-0.2, 0) is 17.8 Å². The van der Waals surface area contributed by atoms with Gasteiger partial charge in [-0.1, -0.05) is 72.8 Å². The molecule has 0 spiro atoms. The van der Waals surface area contributed by atoms with Crippen LogP contribution in [0.25, 0.3) is 120 Å². The van der Waals surface area contributed by atoms with Crippen molar-refractivity contribution >= 4 is 104 Å². The molecule has 8 N–H and O–H groups in total. The van der Waals surface area contributed by atoms with Crippen LogP contribution in [0.1, 0.15) is 69.2 Å². The minimum absolute atomic E-state index is 0.0898. The number of halogens is 8. The molecule has 0 bridgehead atoms. The van der Waals surface area contributed by atoms with Gasteiger partial charge in [0, 0.05) is 39.2 Å². The largest absolute Gasteiger partial charge is 0.478 e. The summed E-state index contributed by atoms with van der Waals surface area (Å²) in [4.78, 5) is 13.8. The van der Waals surface area contributed by atoms with Gasteiger partial charge >= 0.3 is 0 Å². The van der Waals surface area contributed by atoms with Crippen LogP contribution < -0.4 is 5.32 Å². The smallest absolute Gasteiger partial charge is 0.213 e. The maximum atomic E-state index is 14.6. The van der Waals surface area contributed by atoms with E-state index in [9.17, 15) is 35.1 Å². The van der Waals surface area contributed by atoms with Crippen molar-refractivity contribution in [1.29, 1.82) is 5.41 Å². The van der Waals surface area contributed by atoms with E-state index in [0.29, 0.717) is 92.6 Å². The zero-order valence-electron chi connectivity index (χ0n) is 53.5. The molecule has 0 saturated heterocycles. The standard InChI is InChI=1S/C20H18F2N6.C19H16F2N6.C18H15F2N3O.C16H9F2N3/c1-28(2)11-19-23-20(27-26-19)14-9-15-17(24-25-18(15)10-16(14)22)7-6-12-4-3-5-13(21)8-12;1-22-10-18-23-19(27-26-18)13-8-14-16(24-25-17(14)9-15(13)21)6-5-11-3-2-4-12(20)7-11;1-2-24-18(21)12-9-14-16(22-23-17(14)15(20)10-12)8-5-11-3-6-13(19)7-4-11;1-19-12-8-13-15(20-21-16(13)14(18)9-12)7-4-10-2-5-11(17)6-3-10/h3-10H,11H2,1-2H3,(H,24,25)(H,23,26,27);2-9,22H,10H2,1H3,(H,24,25)(H,23,26,27);3-10,21H,2H2,1H3,(H,22,23);2-9H,(H,20,21)/b7-6+;6-5+;8-5+,21-18?;7-4+. The molecule has 27 heteroatoms. The molecule has 0 aliphatic carbocycles. The summed E-state index contributed by atoms with van der Waals surface area (Å²) >= 11 is 0. The molecule has 14 aromatic rings. The molecule has 0 fully saturated rings. The molecule has 6 heterocycles. The molecule has 0 aliphatic rings. The fourth-order valence-corrected chi connectivity index (χ4v) is 10.1. The van der Waals surface area contributed by atoms with Crippen molar-refractivity contribution in [2.75, 3.05) is 27.7 Å². The van der Waals surface area contributed by atoms with Gasteiger partial charge in [-0.15, -0.1) is 0 Å². The first kappa shape index (κ1) is 68.6. The first-order valence-corrected chi connectivity index (χ1v) is 30.6. The summed E-state index contributed by atoms with van der Waals surface area (Å²) in [6.45, 7) is 10.1. The van der Waals surface area contributed by atoms with Gasteiger partial charge in [0.1, 0.15) is 63.4 Å². The van der Waals surface area contributed by atoms with Crippen LogP contribution in [0.4, 0.5) is 40.8 Å². The predicted molar refractivity (Wildman–Crippen MR) is 371 cm³/mol. The van der Waals surface area contributed by atoms with Crippen molar-refractivity contribution < 1.29 is 39.9 Å². The van der Waals surface area contributed by atoms with E-state index in [1.807, 2.05) is 19.0 Å². The lowest BCUT2D eigenvalue weighted by molar-refractivity contribution is 0.325. The van der Waals surface area contributed by atoms with Crippen molar-refractivity contribution in [3.05, 3.63) is 266 Å². The van der Waals surface area contributed by atoms with Crippen molar-refractivity contribution in [3.8, 4) is 22.8 Å². The van der Waals surface area contributed by atoms with Crippen LogP contribution in [0.15, 0.2) is 146 Å². The highest BCUT2D eigenvalue weighted by Crippen LogP contribution is 2.31. The molecule has 0 radical (unpaired) electrons. The normalized spacial score (nSPS) is 11.5. The summed E-state index contributed by atoms with van der Waals surface area (Å²) in [5.41, 5.74) is 8.09. The van der Waals surface area contributed by atoms with Crippen LogP contribution in [-0.4, -0.2) is 110 Å². The molecule has 0 saturated carbocycles. The molecule has 0 amide bonds. The fraction of sp³-hybridized carbons (Fsp3) is 0.0959. The van der Waals surface area contributed by atoms with E-state index in [1.54, 1.807) is 135 Å². The summed E-state index contributed by atoms with van der Waals surface area (Å²) in [5, 5.41) is 54.6. The fourth-order valence-electron chi connectivity index (χ4n) is 10.1. The Kier molecular flexibility index (Phi) is 21.5. The molecule has 0 aliphatic heterocycles. The van der Waals surface area contributed by atoms with E-state index in [-0.39, 0.29) is 68.7 Å². The van der Waals surface area contributed by atoms with Crippen LogP contribution in [0.3, 0.4) is 0 Å². The SMILES string of the molecule is CCOC(=N)c1cc(F)c2n[nH]c(/C=C/c3ccc(F)cc3)c2c1.CN(C)Cc1nc(-c2cc3c(/C=C/c4cccc(F)c4)n[nH]c3cc2F)n[nH]1.CNCc1nc(-c2cc3c(/C=C/c4cccc(F)c4)n[nH]c3cc2F)n[nH]1.[C-]#[N+]c1cc(F)c2n[nH]c(/C=C/c3ccc(F)cc3)c2c1. The Balaban J connectivity index is 0.000000135. The first-order chi connectivity index (χ1) is 48.4. The second kappa shape index (κ2) is 31.4. The number of hydrogen-bond donors (Lipinski definition) is 8. The topological polar surface area (TPSA) is 251 Å². The van der Waals surface area contributed by atoms with Gasteiger partial charge in [0.05, 0.1) is 71.2 Å². The molecule has 0 atom stereocenters. The van der Waals surface area contributed by atoms with E-state index in [1.165, 1.54) is 66.7 Å². The Labute approximate surface area is 564 Å². The lowest BCUT2D eigenvalue weighted by Crippen LogP contribution is -2.11. The van der Waals surface area contributed by atoms with Crippen molar-refractivity contribution in [3.63, 3.8) is 0 Å². The molecule has 8 aromatic carbocycles. The monoisotopic (exact) mass is 1350 g/mol. The molecule has 14 rings (SSSR count). The van der Waals surface area contributed by atoms with Gasteiger partial charge in [0.15, 0.2) is 23.2 Å². The number of nitrogens with zero attached hydrogens (tertiary/aromatic N) is 10. The van der Waals surface area contributed by atoms with Gasteiger partial charge in [0.25, 0.3) is 0 Å². The maximum absolute atomic E-state index is 14.6. The van der Waals surface area contributed by atoms with Crippen molar-refractivity contribution in [2.45, 2.75) is 20.0 Å². The molecular weight excluding hydrogens is 1300 g/mol. The third-order valence-electron chi connectivity index (χ3n) is 14.9. The van der Waals surface area contributed by atoms with Crippen LogP contribution in [0.2, 0.25) is 0 Å². The zero-order valence-corrected chi connectivity index (χ0v) is 53.5. The van der Waals surface area contributed by atoms with E-state index in [2.05, 4.69) is 81.3 Å². The number of ether oxygens (including phenoxy) is 1. The summed E-state index contributed by atoms with van der Waals surface area (Å²) in [6, 6.07) is 36.2. The van der Waals surface area contributed by atoms with E-state index >= 15 is 0 Å². The van der Waals surface area contributed by atoms with E-state index in [0.717, 1.165) is 28.0 Å². The third-order valence-corrected chi connectivity index (χ3v) is 14.9. The summed E-state index contributed by atoms with van der Waals surface area (Å²) in [6.07, 6.45) is 14.0. The minimum Gasteiger partial charge on any atom is -0.478 e. The lowest BCUT2D eigenvalue weighted by atomic mass is 10.1. The molecule has 502 valence electrons. The maximum Gasteiger partial charge on any atom is 0.213 e. The van der Waals surface area contributed by atoms with E-state index in [4.69, 9.17) is 16.7 Å². The van der Waals surface area contributed by atoms with Gasteiger partial charge in [-0.3, -0.25) is 36.0 Å². The summed E-state index contributed by atoms with van der Waals surface area (Å²) < 4.78 is 115. The minimum atomic E-state index is -0.531. The Morgan fingerprint density at radius 1 is 0.490 bits per heavy atom. The summed E-state index contributed by atoms with van der Waals surface area (Å²) in [5.74, 6) is -1.42. The zero-order chi connectivity index (χ0) is 70.4. The Morgan fingerprint density at radius 3 is 1.45 bits per heavy atom. The van der Waals surface area contributed by atoms with Crippen molar-refractivity contribution in [2.24, 2.45) is 0 Å². The molecule has 19 nitrogen and oxygen atoms in total. The number of aromatic amines is 6. The average Bonchev–Trinajstić information content (AvgIpc) is 1.59. The van der Waals surface area contributed by atoms with Crippen molar-refractivity contribution in [1.82, 2.24) is 81.4 Å². The van der Waals surface area contributed by atoms with Gasteiger partial charge in [-0.25, -0.2) is 49.9 Å². The molecule has 6 aromatic heterocycles. The van der Waals surface area contributed by atoms with Gasteiger partial charge in [-0.05, 0) is 160 Å². The average molecular weight is 1360 g/mol. The van der Waals surface area contributed by atoms with E-state index < -0.39 is 23.3 Å². The highest BCUT2D eigenvalue weighted by atomic mass is 19.2. The molecule has 0 unspecified atom stereocenters. The van der Waals surface area contributed by atoms with Gasteiger partial charge in [-0.2, -0.15) is 30.6 Å². The number of aromatic nitrogens is 14. The van der Waals surface area contributed by atoms with Crippen LogP contribution >= 0.6 is 0 Å². The van der Waals surface area contributed by atoms with Crippen LogP contribution in [0.5, 0.6) is 0 Å². The van der Waals surface area contributed by atoms with Gasteiger partial charge < -0.3 is 15.0 Å². The third kappa shape index (κ3) is 16.9. The molecular formula is C73H58F8N18O. The number of rotatable bonds is 16. The predicted octanol–water partition coefficient (Wildman–Crippen LogP) is 16.3. The number of H-pyrrole nitrogens is 6. The number of fused-ring (bicyclic) bond motifs is 4.